The Morgan fingerprint density at radius 2 is 1.62 bits per heavy atom. The smallest absolute Gasteiger partial charge is 0.334 e. The van der Waals surface area contributed by atoms with Crippen molar-refractivity contribution >= 4 is 0 Å². The number of hydrogen-bond donors (Lipinski definition) is 0. The van der Waals surface area contributed by atoms with Gasteiger partial charge in [0.15, 0.2) is 0 Å². The third-order valence-corrected chi connectivity index (χ3v) is 4.93. The summed E-state index contributed by atoms with van der Waals surface area (Å²) in [5.74, 6) is 1.12. The average molecular weight is 366 g/mol. The van der Waals surface area contributed by atoms with E-state index in [1.54, 1.807) is 12.1 Å². The number of rotatable bonds is 6. The number of aromatic nitrogens is 2. The van der Waals surface area contributed by atoms with Crippen LogP contribution < -0.4 is 0 Å². The van der Waals surface area contributed by atoms with E-state index >= 15 is 0 Å². The van der Waals surface area contributed by atoms with Crippen LogP contribution in [0, 0.1) is 0 Å². The minimum Gasteiger partial charge on any atom is -0.334 e. The Balaban J connectivity index is 1.43. The van der Waals surface area contributed by atoms with Gasteiger partial charge in [0, 0.05) is 64.6 Å². The molecule has 1 fully saturated rings. The Hall–Kier alpha value is -1.86. The quantitative estimate of drug-likeness (QED) is 0.784. The molecule has 3 rings (SSSR count). The fraction of sp³-hybridized carbons (Fsp3) is 0.526. The van der Waals surface area contributed by atoms with Gasteiger partial charge in [0.25, 0.3) is 0 Å². The number of hydrogen-bond acceptors (Lipinski definition) is 3. The van der Waals surface area contributed by atoms with Gasteiger partial charge in [-0.05, 0) is 17.7 Å². The molecule has 26 heavy (non-hydrogen) atoms. The van der Waals surface area contributed by atoms with Gasteiger partial charge in [-0.1, -0.05) is 19.1 Å². The summed E-state index contributed by atoms with van der Waals surface area (Å²) in [6.45, 7) is 8.59. The molecule has 0 bridgehead atoms. The molecule has 1 aromatic heterocycles. The lowest BCUT2D eigenvalue weighted by Crippen LogP contribution is -2.46. The van der Waals surface area contributed by atoms with Gasteiger partial charge in [0.2, 0.25) is 0 Å². The molecule has 142 valence electrons. The Morgan fingerprint density at radius 1 is 0.962 bits per heavy atom. The van der Waals surface area contributed by atoms with E-state index in [9.17, 15) is 13.2 Å². The van der Waals surface area contributed by atoms with Gasteiger partial charge < -0.3 is 4.57 Å². The first-order valence-electron chi connectivity index (χ1n) is 9.06. The highest BCUT2D eigenvalue weighted by atomic mass is 19.4. The maximum atomic E-state index is 12.6. The molecule has 2 heterocycles. The number of alkyl halides is 3. The molecule has 0 spiro atoms. The van der Waals surface area contributed by atoms with E-state index in [-0.39, 0.29) is 0 Å². The van der Waals surface area contributed by atoms with Crippen molar-refractivity contribution in [2.45, 2.75) is 32.6 Å². The van der Waals surface area contributed by atoms with Crippen molar-refractivity contribution in [3.8, 4) is 0 Å². The van der Waals surface area contributed by atoms with Crippen LogP contribution in [0.3, 0.4) is 0 Å². The van der Waals surface area contributed by atoms with Crippen LogP contribution in [0.1, 0.15) is 23.9 Å². The van der Waals surface area contributed by atoms with Crippen LogP contribution in [0.15, 0.2) is 36.7 Å². The summed E-state index contributed by atoms with van der Waals surface area (Å²) in [7, 11) is 0. The monoisotopic (exact) mass is 366 g/mol. The highest BCUT2D eigenvalue weighted by molar-refractivity contribution is 5.24. The average Bonchev–Trinajstić information content (AvgIpc) is 3.08. The van der Waals surface area contributed by atoms with Gasteiger partial charge in [-0.25, -0.2) is 4.98 Å². The van der Waals surface area contributed by atoms with E-state index in [0.29, 0.717) is 6.54 Å². The van der Waals surface area contributed by atoms with E-state index in [0.717, 1.165) is 57.1 Å². The molecule has 1 aliphatic heterocycles. The van der Waals surface area contributed by atoms with Crippen LogP contribution in [0.2, 0.25) is 0 Å². The molecule has 4 nitrogen and oxygen atoms in total. The Kier molecular flexibility index (Phi) is 5.98. The van der Waals surface area contributed by atoms with E-state index in [1.807, 2.05) is 12.4 Å². The van der Waals surface area contributed by atoms with Crippen LogP contribution in [-0.2, 0) is 25.7 Å². The van der Waals surface area contributed by atoms with Crippen molar-refractivity contribution in [3.63, 3.8) is 0 Å². The second kappa shape index (κ2) is 8.22. The second-order valence-corrected chi connectivity index (χ2v) is 6.70. The molecular weight excluding hydrogens is 341 g/mol. The van der Waals surface area contributed by atoms with Gasteiger partial charge in [-0.3, -0.25) is 9.80 Å². The van der Waals surface area contributed by atoms with Crippen LogP contribution in [-0.4, -0.2) is 52.1 Å². The minimum atomic E-state index is -4.27. The SMILES string of the molecule is CCc1nccn1CCN1CCN(Cc2ccc(C(F)(F)F)cc2)CC1. The molecule has 2 aromatic rings. The van der Waals surface area contributed by atoms with Crippen LogP contribution in [0.25, 0.3) is 0 Å². The predicted molar refractivity (Wildman–Crippen MR) is 94.8 cm³/mol. The largest absolute Gasteiger partial charge is 0.416 e. The lowest BCUT2D eigenvalue weighted by atomic mass is 10.1. The molecule has 0 amide bonds. The summed E-state index contributed by atoms with van der Waals surface area (Å²) >= 11 is 0. The molecule has 1 saturated heterocycles. The van der Waals surface area contributed by atoms with Crippen molar-refractivity contribution < 1.29 is 13.2 Å². The number of nitrogens with zero attached hydrogens (tertiary/aromatic N) is 4. The Bertz CT molecular complexity index is 686. The molecule has 0 N–H and O–H groups in total. The third-order valence-electron chi connectivity index (χ3n) is 4.93. The van der Waals surface area contributed by atoms with Gasteiger partial charge in [0.1, 0.15) is 5.82 Å². The van der Waals surface area contributed by atoms with Crippen molar-refractivity contribution in [2.24, 2.45) is 0 Å². The second-order valence-electron chi connectivity index (χ2n) is 6.70. The van der Waals surface area contributed by atoms with Gasteiger partial charge in [-0.2, -0.15) is 13.2 Å². The molecule has 0 atom stereocenters. The first-order valence-corrected chi connectivity index (χ1v) is 9.06. The van der Waals surface area contributed by atoms with E-state index in [2.05, 4.69) is 26.3 Å². The summed E-state index contributed by atoms with van der Waals surface area (Å²) in [5.41, 5.74) is 0.342. The summed E-state index contributed by atoms with van der Waals surface area (Å²) in [4.78, 5) is 9.08. The predicted octanol–water partition coefficient (Wildman–Crippen LogP) is 3.28. The topological polar surface area (TPSA) is 24.3 Å². The zero-order valence-electron chi connectivity index (χ0n) is 15.0. The molecule has 0 radical (unpaired) electrons. The van der Waals surface area contributed by atoms with Crippen molar-refractivity contribution in [1.82, 2.24) is 19.4 Å². The molecular formula is C19H25F3N4. The fourth-order valence-electron chi connectivity index (χ4n) is 3.34. The molecule has 1 aromatic carbocycles. The number of aryl methyl sites for hydroxylation is 1. The number of benzene rings is 1. The van der Waals surface area contributed by atoms with Crippen LogP contribution >= 0.6 is 0 Å². The number of piperazine rings is 1. The Morgan fingerprint density at radius 3 is 2.23 bits per heavy atom. The van der Waals surface area contributed by atoms with Gasteiger partial charge in [-0.15, -0.1) is 0 Å². The van der Waals surface area contributed by atoms with Crippen LogP contribution in [0.4, 0.5) is 13.2 Å². The highest BCUT2D eigenvalue weighted by Crippen LogP contribution is 2.29. The summed E-state index contributed by atoms with van der Waals surface area (Å²) in [6, 6.07) is 5.51. The summed E-state index contributed by atoms with van der Waals surface area (Å²) < 4.78 is 40.1. The first kappa shape index (κ1) is 18.9. The molecule has 0 aliphatic carbocycles. The third kappa shape index (κ3) is 4.86. The lowest BCUT2D eigenvalue weighted by Gasteiger charge is -2.34. The van der Waals surface area contributed by atoms with E-state index in [1.165, 1.54) is 12.1 Å². The van der Waals surface area contributed by atoms with Crippen molar-refractivity contribution in [3.05, 3.63) is 53.6 Å². The molecule has 0 unspecified atom stereocenters. The number of imidazole rings is 1. The maximum absolute atomic E-state index is 12.6. The molecule has 7 heteroatoms. The van der Waals surface area contributed by atoms with Crippen LogP contribution in [0.5, 0.6) is 0 Å². The van der Waals surface area contributed by atoms with Crippen molar-refractivity contribution in [2.75, 3.05) is 32.7 Å². The summed E-state index contributed by atoms with van der Waals surface area (Å²) in [5, 5.41) is 0. The lowest BCUT2D eigenvalue weighted by molar-refractivity contribution is -0.137. The standard InChI is InChI=1S/C19H25F3N4/c1-2-18-23-7-8-26(18)14-13-24-9-11-25(12-10-24)15-16-3-5-17(6-4-16)19(20,21)22/h3-8H,2,9-15H2,1H3. The van der Waals surface area contributed by atoms with E-state index < -0.39 is 11.7 Å². The zero-order valence-corrected chi connectivity index (χ0v) is 15.0. The summed E-state index contributed by atoms with van der Waals surface area (Å²) in [6.07, 6.45) is 0.547. The Labute approximate surface area is 152 Å². The first-order chi connectivity index (χ1) is 12.5. The molecule has 0 saturated carbocycles. The molecule has 1 aliphatic rings. The van der Waals surface area contributed by atoms with Gasteiger partial charge >= 0.3 is 6.18 Å². The van der Waals surface area contributed by atoms with Crippen molar-refractivity contribution in [1.29, 1.82) is 0 Å². The van der Waals surface area contributed by atoms with Gasteiger partial charge in [0.05, 0.1) is 5.56 Å². The number of halogens is 3. The highest BCUT2D eigenvalue weighted by Gasteiger charge is 2.30. The zero-order chi connectivity index (χ0) is 18.6. The minimum absolute atomic E-state index is 0.586. The maximum Gasteiger partial charge on any atom is 0.416 e. The van der Waals surface area contributed by atoms with E-state index in [4.69, 9.17) is 0 Å². The normalized spacial score (nSPS) is 16.9. The fourth-order valence-corrected chi connectivity index (χ4v) is 3.34.